The number of amides is 1. The van der Waals surface area contributed by atoms with Crippen molar-refractivity contribution in [3.05, 3.63) is 35.1 Å². The molecule has 1 aromatic carbocycles. The third kappa shape index (κ3) is 4.08. The Morgan fingerprint density at radius 3 is 2.69 bits per heavy atom. The van der Waals surface area contributed by atoms with Gasteiger partial charge < -0.3 is 24.0 Å². The molecule has 0 saturated heterocycles. The number of halogens is 1. The molecule has 1 aliphatic carbocycles. The number of ether oxygens (including phenoxy) is 3. The van der Waals surface area contributed by atoms with Crippen molar-refractivity contribution in [1.29, 1.82) is 0 Å². The maximum Gasteiger partial charge on any atom is 0.290 e. The highest BCUT2D eigenvalue weighted by Crippen LogP contribution is 2.48. The number of rotatable bonds is 7. The van der Waals surface area contributed by atoms with Crippen LogP contribution >= 0.6 is 11.6 Å². The summed E-state index contributed by atoms with van der Waals surface area (Å²) in [6, 6.07) is 5.06. The molecular formula is C24H31ClN2O5. The van der Waals surface area contributed by atoms with Crippen molar-refractivity contribution < 1.29 is 23.8 Å². The molecular weight excluding hydrogens is 432 g/mol. The van der Waals surface area contributed by atoms with Gasteiger partial charge in [0, 0.05) is 18.5 Å². The molecule has 1 amide bonds. The Morgan fingerprint density at radius 1 is 1.22 bits per heavy atom. The zero-order valence-corrected chi connectivity index (χ0v) is 19.9. The van der Waals surface area contributed by atoms with Crippen LogP contribution in [-0.4, -0.2) is 73.9 Å². The summed E-state index contributed by atoms with van der Waals surface area (Å²) in [5.41, 5.74) is 1.25. The Balaban J connectivity index is 1.76. The van der Waals surface area contributed by atoms with E-state index in [0.717, 1.165) is 12.0 Å². The van der Waals surface area contributed by atoms with Gasteiger partial charge in [-0.3, -0.25) is 9.59 Å². The van der Waals surface area contributed by atoms with Crippen molar-refractivity contribution in [3.63, 3.8) is 0 Å². The molecule has 4 atom stereocenters. The van der Waals surface area contributed by atoms with Gasteiger partial charge in [-0.05, 0) is 58.0 Å². The number of likely N-dealkylation sites (N-methyl/N-ethyl adjacent to an activating group) is 1. The number of hydrogen-bond acceptors (Lipinski definition) is 6. The van der Waals surface area contributed by atoms with Gasteiger partial charge in [0.1, 0.15) is 6.10 Å². The fourth-order valence-electron chi connectivity index (χ4n) is 4.88. The number of carbonyl (C=O) groups excluding carboxylic acids is 2. The number of nitrogens with zero attached hydrogens (tertiary/aromatic N) is 2. The summed E-state index contributed by atoms with van der Waals surface area (Å²) in [6.07, 6.45) is 1.78. The molecule has 0 spiro atoms. The molecule has 7 nitrogen and oxygen atoms in total. The van der Waals surface area contributed by atoms with E-state index in [9.17, 15) is 9.59 Å². The Kier molecular flexibility index (Phi) is 6.67. The molecule has 1 aromatic rings. The highest BCUT2D eigenvalue weighted by molar-refractivity contribution is 6.21. The van der Waals surface area contributed by atoms with Gasteiger partial charge in [-0.1, -0.05) is 6.07 Å². The predicted octanol–water partition coefficient (Wildman–Crippen LogP) is 3.17. The lowest BCUT2D eigenvalue weighted by molar-refractivity contribution is -0.135. The van der Waals surface area contributed by atoms with Crippen LogP contribution in [0, 0.1) is 5.92 Å². The van der Waals surface area contributed by atoms with Crippen LogP contribution in [0.4, 0.5) is 0 Å². The minimum absolute atomic E-state index is 0.0137. The van der Waals surface area contributed by atoms with Crippen molar-refractivity contribution in [2.45, 2.75) is 43.7 Å². The third-order valence-corrected chi connectivity index (χ3v) is 6.87. The predicted molar refractivity (Wildman–Crippen MR) is 121 cm³/mol. The van der Waals surface area contributed by atoms with Gasteiger partial charge in [-0.2, -0.15) is 0 Å². The van der Waals surface area contributed by atoms with Gasteiger partial charge in [0.05, 0.1) is 31.2 Å². The van der Waals surface area contributed by atoms with Gasteiger partial charge in [-0.25, -0.2) is 0 Å². The Hall–Kier alpha value is -2.25. The van der Waals surface area contributed by atoms with E-state index in [0.29, 0.717) is 49.6 Å². The molecule has 4 rings (SSSR count). The molecule has 0 N–H and O–H groups in total. The molecule has 1 fully saturated rings. The lowest BCUT2D eigenvalue weighted by Crippen LogP contribution is -2.41. The number of fused-ring (bicyclic) bond motifs is 1. The van der Waals surface area contributed by atoms with E-state index in [-0.39, 0.29) is 34.8 Å². The fraction of sp³-hybridized carbons (Fsp3) is 0.583. The number of hydrogen-bond donors (Lipinski definition) is 0. The molecule has 1 saturated carbocycles. The number of carbonyl (C=O) groups is 2. The van der Waals surface area contributed by atoms with Crippen LogP contribution in [0.25, 0.3) is 0 Å². The van der Waals surface area contributed by atoms with Crippen LogP contribution in [0.5, 0.6) is 11.5 Å². The van der Waals surface area contributed by atoms with E-state index in [2.05, 4.69) is 0 Å². The summed E-state index contributed by atoms with van der Waals surface area (Å²) >= 11 is 6.39. The van der Waals surface area contributed by atoms with Crippen molar-refractivity contribution in [3.8, 4) is 11.5 Å². The maximum absolute atomic E-state index is 13.7. The van der Waals surface area contributed by atoms with Crippen molar-refractivity contribution >= 4 is 23.3 Å². The minimum atomic E-state index is -0.522. The molecule has 0 aromatic heterocycles. The maximum atomic E-state index is 13.7. The fourth-order valence-corrected chi connectivity index (χ4v) is 5.19. The zero-order chi connectivity index (χ0) is 23.0. The molecule has 4 unspecified atom stereocenters. The smallest absolute Gasteiger partial charge is 0.290 e. The Morgan fingerprint density at radius 2 is 2.00 bits per heavy atom. The van der Waals surface area contributed by atoms with Gasteiger partial charge in [0.15, 0.2) is 23.0 Å². The standard InChI is InChI=1S/C24H31ClN2O5/c1-5-31-18-8-6-14(12-19(18)30-4)21-20-22(28)16-13-15(25)7-9-17(16)32-23(20)24(29)27(21)11-10-26(2)3/h6,8,12,15-17,21H,5,7,9-11,13H2,1-4H3. The summed E-state index contributed by atoms with van der Waals surface area (Å²) in [5, 5.41) is -0.0445. The largest absolute Gasteiger partial charge is 0.493 e. The van der Waals surface area contributed by atoms with Crippen LogP contribution in [0.3, 0.4) is 0 Å². The number of methoxy groups -OCH3 is 1. The van der Waals surface area contributed by atoms with Crippen LogP contribution in [0.1, 0.15) is 37.8 Å². The lowest BCUT2D eigenvalue weighted by Gasteiger charge is -2.37. The quantitative estimate of drug-likeness (QED) is 0.580. The van der Waals surface area contributed by atoms with E-state index in [1.54, 1.807) is 12.0 Å². The molecule has 2 heterocycles. The van der Waals surface area contributed by atoms with Gasteiger partial charge >= 0.3 is 0 Å². The van der Waals surface area contributed by atoms with Crippen molar-refractivity contribution in [1.82, 2.24) is 9.80 Å². The van der Waals surface area contributed by atoms with Crippen LogP contribution in [0.2, 0.25) is 0 Å². The molecule has 174 valence electrons. The molecule has 8 heteroatoms. The first kappa shape index (κ1) is 22.9. The Bertz CT molecular complexity index is 931. The van der Waals surface area contributed by atoms with E-state index in [1.807, 2.05) is 44.1 Å². The molecule has 2 aliphatic heterocycles. The SMILES string of the molecule is CCOc1ccc(C2C3=C(OC4CCC(Cl)CC4C3=O)C(=O)N2CCN(C)C)cc1OC. The normalized spacial score (nSPS) is 27.4. The zero-order valence-electron chi connectivity index (χ0n) is 19.1. The first-order valence-corrected chi connectivity index (χ1v) is 11.6. The van der Waals surface area contributed by atoms with Crippen LogP contribution in [-0.2, 0) is 14.3 Å². The van der Waals surface area contributed by atoms with Gasteiger partial charge in [0.2, 0.25) is 0 Å². The first-order chi connectivity index (χ1) is 15.3. The summed E-state index contributed by atoms with van der Waals surface area (Å²) in [4.78, 5) is 30.9. The Labute approximate surface area is 194 Å². The highest BCUT2D eigenvalue weighted by Gasteiger charge is 2.52. The molecule has 0 radical (unpaired) electrons. The molecule has 3 aliphatic rings. The summed E-state index contributed by atoms with van der Waals surface area (Å²) in [5.74, 6) is 0.860. The topological polar surface area (TPSA) is 68.3 Å². The van der Waals surface area contributed by atoms with E-state index in [1.165, 1.54) is 0 Å². The van der Waals surface area contributed by atoms with Crippen LogP contribution in [0.15, 0.2) is 29.5 Å². The summed E-state index contributed by atoms with van der Waals surface area (Å²) in [7, 11) is 5.50. The summed E-state index contributed by atoms with van der Waals surface area (Å²) in [6.45, 7) is 3.56. The average Bonchev–Trinajstić information content (AvgIpc) is 3.05. The third-order valence-electron chi connectivity index (χ3n) is 6.47. The number of Topliss-reactive ketones (excluding diaryl/α,β-unsaturated/α-hetero) is 1. The van der Waals surface area contributed by atoms with Gasteiger partial charge in [0.25, 0.3) is 5.91 Å². The number of benzene rings is 1. The minimum Gasteiger partial charge on any atom is -0.493 e. The highest BCUT2D eigenvalue weighted by atomic mass is 35.5. The van der Waals surface area contributed by atoms with Crippen LogP contribution < -0.4 is 9.47 Å². The van der Waals surface area contributed by atoms with Crippen molar-refractivity contribution in [2.24, 2.45) is 5.92 Å². The summed E-state index contributed by atoms with van der Waals surface area (Å²) < 4.78 is 17.4. The van der Waals surface area contributed by atoms with E-state index < -0.39 is 6.04 Å². The average molecular weight is 463 g/mol. The number of alkyl halides is 1. The lowest BCUT2D eigenvalue weighted by atomic mass is 9.77. The second-order valence-electron chi connectivity index (χ2n) is 8.83. The van der Waals surface area contributed by atoms with Crippen molar-refractivity contribution in [2.75, 3.05) is 40.9 Å². The first-order valence-electron chi connectivity index (χ1n) is 11.2. The van der Waals surface area contributed by atoms with E-state index >= 15 is 0 Å². The van der Waals surface area contributed by atoms with Gasteiger partial charge in [-0.15, -0.1) is 11.6 Å². The molecule has 0 bridgehead atoms. The number of ketones is 1. The molecule has 32 heavy (non-hydrogen) atoms. The van der Waals surface area contributed by atoms with E-state index in [4.69, 9.17) is 25.8 Å². The second-order valence-corrected chi connectivity index (χ2v) is 9.45. The monoisotopic (exact) mass is 462 g/mol. The second kappa shape index (κ2) is 9.32.